The Balaban J connectivity index is 2.16. The SMILES string of the molecule is CC(C)C(C)CCNC1CCN(C(C)(C)C)CC1. The third kappa shape index (κ3) is 5.27. The summed E-state index contributed by atoms with van der Waals surface area (Å²) < 4.78 is 0. The summed E-state index contributed by atoms with van der Waals surface area (Å²) in [6, 6.07) is 0.753. The van der Waals surface area contributed by atoms with Gasteiger partial charge in [-0.1, -0.05) is 20.8 Å². The second-order valence-electron chi connectivity index (χ2n) is 7.40. The fraction of sp³-hybridized carbons (Fsp3) is 1.00. The Hall–Kier alpha value is -0.0800. The number of hydrogen-bond donors (Lipinski definition) is 1. The Morgan fingerprint density at radius 3 is 2.11 bits per heavy atom. The molecule has 0 aromatic heterocycles. The highest BCUT2D eigenvalue weighted by Crippen LogP contribution is 2.20. The molecule has 1 fully saturated rings. The van der Waals surface area contributed by atoms with Crippen molar-refractivity contribution in [3.05, 3.63) is 0 Å². The second-order valence-corrected chi connectivity index (χ2v) is 7.40. The molecule has 1 N–H and O–H groups in total. The zero-order valence-corrected chi connectivity index (χ0v) is 13.4. The molecule has 1 aliphatic heterocycles. The van der Waals surface area contributed by atoms with Crippen LogP contribution in [0.5, 0.6) is 0 Å². The molecule has 0 radical (unpaired) electrons. The normalized spacial score (nSPS) is 21.5. The molecule has 0 saturated carbocycles. The number of rotatable bonds is 5. The molecule has 0 aromatic rings. The summed E-state index contributed by atoms with van der Waals surface area (Å²) in [6.45, 7) is 17.7. The number of likely N-dealkylation sites (tertiary alicyclic amines) is 1. The van der Waals surface area contributed by atoms with E-state index in [1.165, 1.54) is 38.9 Å². The van der Waals surface area contributed by atoms with Gasteiger partial charge in [0.15, 0.2) is 0 Å². The van der Waals surface area contributed by atoms with E-state index in [2.05, 4.69) is 51.8 Å². The quantitative estimate of drug-likeness (QED) is 0.807. The van der Waals surface area contributed by atoms with Crippen LogP contribution in [0.3, 0.4) is 0 Å². The minimum Gasteiger partial charge on any atom is -0.314 e. The zero-order valence-electron chi connectivity index (χ0n) is 13.4. The van der Waals surface area contributed by atoms with Gasteiger partial charge in [-0.25, -0.2) is 0 Å². The molecule has 0 aromatic carbocycles. The van der Waals surface area contributed by atoms with Crippen molar-refractivity contribution < 1.29 is 0 Å². The van der Waals surface area contributed by atoms with Crippen molar-refractivity contribution in [1.82, 2.24) is 10.2 Å². The Kier molecular flexibility index (Phi) is 6.13. The lowest BCUT2D eigenvalue weighted by Gasteiger charge is -2.41. The number of piperidine rings is 1. The second kappa shape index (κ2) is 6.91. The van der Waals surface area contributed by atoms with Gasteiger partial charge in [0.1, 0.15) is 0 Å². The smallest absolute Gasteiger partial charge is 0.0125 e. The maximum atomic E-state index is 3.75. The first-order valence-corrected chi connectivity index (χ1v) is 7.79. The zero-order chi connectivity index (χ0) is 13.8. The molecule has 1 aliphatic rings. The van der Waals surface area contributed by atoms with Gasteiger partial charge in [0.25, 0.3) is 0 Å². The topological polar surface area (TPSA) is 15.3 Å². The van der Waals surface area contributed by atoms with Crippen LogP contribution in [-0.4, -0.2) is 36.1 Å². The van der Waals surface area contributed by atoms with Gasteiger partial charge in [0, 0.05) is 24.7 Å². The summed E-state index contributed by atoms with van der Waals surface area (Å²) in [7, 11) is 0. The molecule has 18 heavy (non-hydrogen) atoms. The third-order valence-electron chi connectivity index (χ3n) is 4.61. The van der Waals surface area contributed by atoms with Crippen LogP contribution >= 0.6 is 0 Å². The standard InChI is InChI=1S/C16H34N2/c1-13(2)14(3)7-10-17-15-8-11-18(12-9-15)16(4,5)6/h13-15,17H,7-12H2,1-6H3. The predicted molar refractivity (Wildman–Crippen MR) is 81.0 cm³/mol. The van der Waals surface area contributed by atoms with E-state index >= 15 is 0 Å². The van der Waals surface area contributed by atoms with E-state index < -0.39 is 0 Å². The Morgan fingerprint density at radius 2 is 1.67 bits per heavy atom. The van der Waals surface area contributed by atoms with Crippen LogP contribution in [0.1, 0.15) is 60.8 Å². The molecule has 0 aliphatic carbocycles. The Morgan fingerprint density at radius 1 is 1.11 bits per heavy atom. The molecule has 1 atom stereocenters. The van der Waals surface area contributed by atoms with Crippen LogP contribution in [0.4, 0.5) is 0 Å². The largest absolute Gasteiger partial charge is 0.314 e. The lowest BCUT2D eigenvalue weighted by Crippen LogP contribution is -2.50. The summed E-state index contributed by atoms with van der Waals surface area (Å²) in [6.07, 6.45) is 3.94. The highest BCUT2D eigenvalue weighted by Gasteiger charge is 2.26. The molecular formula is C16H34N2. The third-order valence-corrected chi connectivity index (χ3v) is 4.61. The van der Waals surface area contributed by atoms with Crippen LogP contribution in [0.25, 0.3) is 0 Å². The molecule has 108 valence electrons. The number of nitrogens with one attached hydrogen (secondary N) is 1. The summed E-state index contributed by atoms with van der Waals surface area (Å²) in [5.41, 5.74) is 0.344. The minimum atomic E-state index is 0.344. The van der Waals surface area contributed by atoms with E-state index in [4.69, 9.17) is 0 Å². The molecule has 2 nitrogen and oxygen atoms in total. The van der Waals surface area contributed by atoms with Gasteiger partial charge in [0.05, 0.1) is 0 Å². The van der Waals surface area contributed by atoms with Crippen molar-refractivity contribution in [3.63, 3.8) is 0 Å². The lowest BCUT2D eigenvalue weighted by atomic mass is 9.94. The van der Waals surface area contributed by atoms with Gasteiger partial charge >= 0.3 is 0 Å². The molecule has 0 amide bonds. The van der Waals surface area contributed by atoms with E-state index in [9.17, 15) is 0 Å². The van der Waals surface area contributed by atoms with Gasteiger partial charge in [-0.2, -0.15) is 0 Å². The summed E-state index contributed by atoms with van der Waals surface area (Å²) in [5.74, 6) is 1.65. The fourth-order valence-electron chi connectivity index (χ4n) is 2.60. The van der Waals surface area contributed by atoms with Crippen molar-refractivity contribution in [2.24, 2.45) is 11.8 Å². The van der Waals surface area contributed by atoms with Crippen molar-refractivity contribution in [2.45, 2.75) is 72.4 Å². The van der Waals surface area contributed by atoms with E-state index in [1.807, 2.05) is 0 Å². The average molecular weight is 254 g/mol. The van der Waals surface area contributed by atoms with Crippen molar-refractivity contribution in [3.8, 4) is 0 Å². The van der Waals surface area contributed by atoms with E-state index in [-0.39, 0.29) is 0 Å². The van der Waals surface area contributed by atoms with Crippen LogP contribution in [-0.2, 0) is 0 Å². The molecule has 0 spiro atoms. The van der Waals surface area contributed by atoms with E-state index in [1.54, 1.807) is 0 Å². The summed E-state index contributed by atoms with van der Waals surface area (Å²) in [5, 5.41) is 3.75. The van der Waals surface area contributed by atoms with Gasteiger partial charge in [-0.3, -0.25) is 4.90 Å². The van der Waals surface area contributed by atoms with Crippen molar-refractivity contribution >= 4 is 0 Å². The molecule has 2 heteroatoms. The van der Waals surface area contributed by atoms with Crippen LogP contribution in [0, 0.1) is 11.8 Å². The Bertz CT molecular complexity index is 222. The van der Waals surface area contributed by atoms with Gasteiger partial charge < -0.3 is 5.32 Å². The Labute approximate surface area is 115 Å². The highest BCUT2D eigenvalue weighted by molar-refractivity contribution is 4.84. The number of nitrogens with zero attached hydrogens (tertiary/aromatic N) is 1. The molecular weight excluding hydrogens is 220 g/mol. The van der Waals surface area contributed by atoms with Gasteiger partial charge in [0.2, 0.25) is 0 Å². The molecule has 1 heterocycles. The maximum absolute atomic E-state index is 3.75. The van der Waals surface area contributed by atoms with E-state index in [0.29, 0.717) is 5.54 Å². The average Bonchev–Trinajstić information content (AvgIpc) is 2.28. The summed E-state index contributed by atoms with van der Waals surface area (Å²) >= 11 is 0. The van der Waals surface area contributed by atoms with E-state index in [0.717, 1.165) is 17.9 Å². The first-order valence-electron chi connectivity index (χ1n) is 7.79. The van der Waals surface area contributed by atoms with Gasteiger partial charge in [-0.05, 0) is 58.4 Å². The first kappa shape index (κ1) is 16.0. The van der Waals surface area contributed by atoms with Gasteiger partial charge in [-0.15, -0.1) is 0 Å². The minimum absolute atomic E-state index is 0.344. The maximum Gasteiger partial charge on any atom is 0.0125 e. The molecule has 1 rings (SSSR count). The van der Waals surface area contributed by atoms with Crippen LogP contribution in [0.15, 0.2) is 0 Å². The van der Waals surface area contributed by atoms with Crippen LogP contribution in [0.2, 0.25) is 0 Å². The van der Waals surface area contributed by atoms with Crippen LogP contribution < -0.4 is 5.32 Å². The van der Waals surface area contributed by atoms with Crippen molar-refractivity contribution in [1.29, 1.82) is 0 Å². The predicted octanol–water partition coefficient (Wildman–Crippen LogP) is 3.52. The molecule has 1 unspecified atom stereocenters. The monoisotopic (exact) mass is 254 g/mol. The fourth-order valence-corrected chi connectivity index (χ4v) is 2.60. The lowest BCUT2D eigenvalue weighted by molar-refractivity contribution is 0.0959. The molecule has 1 saturated heterocycles. The first-order chi connectivity index (χ1) is 8.30. The van der Waals surface area contributed by atoms with Crippen molar-refractivity contribution in [2.75, 3.05) is 19.6 Å². The molecule has 0 bridgehead atoms. The number of hydrogen-bond acceptors (Lipinski definition) is 2. The highest BCUT2D eigenvalue weighted by atomic mass is 15.2. The summed E-state index contributed by atoms with van der Waals surface area (Å²) in [4.78, 5) is 2.61.